The third kappa shape index (κ3) is 4.27. The zero-order valence-electron chi connectivity index (χ0n) is 17.8. The van der Waals surface area contributed by atoms with Gasteiger partial charge in [0, 0.05) is 11.6 Å². The van der Waals surface area contributed by atoms with Crippen LogP contribution in [-0.4, -0.2) is 25.8 Å². The quantitative estimate of drug-likeness (QED) is 0.655. The lowest BCUT2D eigenvalue weighted by molar-refractivity contribution is -0.141. The minimum Gasteiger partial charge on any atom is -0.480 e. The first-order valence-corrected chi connectivity index (χ1v) is 9.63. The first-order chi connectivity index (χ1) is 14.0. The number of aryl methyl sites for hydroxylation is 1. The van der Waals surface area contributed by atoms with Gasteiger partial charge in [0.15, 0.2) is 0 Å². The van der Waals surface area contributed by atoms with E-state index in [1.54, 1.807) is 6.92 Å². The summed E-state index contributed by atoms with van der Waals surface area (Å²) < 4.78 is 6.69. The third-order valence-electron chi connectivity index (χ3n) is 4.90. The van der Waals surface area contributed by atoms with Crippen molar-refractivity contribution in [2.24, 2.45) is 5.41 Å². The Bertz CT molecular complexity index is 1140. The number of benzene rings is 1. The number of pyridine rings is 1. The number of nitrogens with two attached hydrogens (primary N) is 1. The van der Waals surface area contributed by atoms with Gasteiger partial charge < -0.3 is 15.3 Å². The van der Waals surface area contributed by atoms with Gasteiger partial charge in [-0.05, 0) is 36.8 Å². The molecule has 1 aromatic carbocycles. The molecule has 0 fully saturated rings. The van der Waals surface area contributed by atoms with Crippen LogP contribution >= 0.6 is 0 Å². The Kier molecular flexibility index (Phi) is 5.52. The molecule has 0 spiro atoms. The van der Waals surface area contributed by atoms with Gasteiger partial charge in [-0.15, -0.1) is 5.10 Å². The number of carboxylic acid groups (broad SMARTS) is 1. The minimum absolute atomic E-state index is 0.110. The summed E-state index contributed by atoms with van der Waals surface area (Å²) in [5.74, 6) is -0.945. The highest BCUT2D eigenvalue weighted by Gasteiger charge is 2.31. The van der Waals surface area contributed by atoms with Crippen LogP contribution in [0.4, 0.5) is 6.01 Å². The molecule has 0 amide bonds. The number of hydrogen-bond acceptors (Lipinski definition) is 6. The molecular formula is C22H26N4O4. The van der Waals surface area contributed by atoms with Crippen molar-refractivity contribution in [3.8, 4) is 22.7 Å². The summed E-state index contributed by atoms with van der Waals surface area (Å²) >= 11 is 0. The predicted octanol–water partition coefficient (Wildman–Crippen LogP) is 3.83. The monoisotopic (exact) mass is 410 g/mol. The lowest BCUT2D eigenvalue weighted by atomic mass is 9.87. The Morgan fingerprint density at radius 2 is 1.83 bits per heavy atom. The zero-order chi connectivity index (χ0) is 22.2. The molecule has 0 aliphatic carbocycles. The second-order valence-electron chi connectivity index (χ2n) is 8.67. The molecule has 1 atom stereocenters. The van der Waals surface area contributed by atoms with E-state index in [4.69, 9.17) is 10.2 Å². The molecule has 0 aliphatic heterocycles. The van der Waals surface area contributed by atoms with Crippen LogP contribution in [-0.2, 0) is 4.79 Å². The average Bonchev–Trinajstić information content (AvgIpc) is 3.07. The van der Waals surface area contributed by atoms with Crippen LogP contribution in [0.1, 0.15) is 44.4 Å². The Labute approximate surface area is 174 Å². The van der Waals surface area contributed by atoms with E-state index in [2.05, 4.69) is 10.2 Å². The molecule has 8 heteroatoms. The molecule has 158 valence electrons. The van der Waals surface area contributed by atoms with E-state index in [-0.39, 0.29) is 23.7 Å². The number of carboxylic acids is 1. The Morgan fingerprint density at radius 1 is 1.20 bits per heavy atom. The van der Waals surface area contributed by atoms with Gasteiger partial charge in [-0.25, -0.2) is 4.79 Å². The maximum Gasteiger partial charge on any atom is 0.326 e. The van der Waals surface area contributed by atoms with Gasteiger partial charge in [0.05, 0.1) is 5.69 Å². The van der Waals surface area contributed by atoms with Crippen LogP contribution in [0.5, 0.6) is 0 Å². The second kappa shape index (κ2) is 7.78. The van der Waals surface area contributed by atoms with Crippen LogP contribution < -0.4 is 11.3 Å². The molecule has 2 heterocycles. The highest BCUT2D eigenvalue weighted by Crippen LogP contribution is 2.35. The fraction of sp³-hybridized carbons (Fsp3) is 0.364. The van der Waals surface area contributed by atoms with E-state index in [0.29, 0.717) is 16.8 Å². The number of hydrogen-bond donors (Lipinski definition) is 2. The van der Waals surface area contributed by atoms with Gasteiger partial charge in [0.1, 0.15) is 6.04 Å². The number of rotatable bonds is 5. The van der Waals surface area contributed by atoms with Crippen molar-refractivity contribution in [3.63, 3.8) is 0 Å². The lowest BCUT2D eigenvalue weighted by Gasteiger charge is -2.28. The van der Waals surface area contributed by atoms with Crippen molar-refractivity contribution in [1.29, 1.82) is 0 Å². The van der Waals surface area contributed by atoms with E-state index in [1.165, 1.54) is 10.6 Å². The van der Waals surface area contributed by atoms with Crippen LogP contribution in [0.25, 0.3) is 22.7 Å². The highest BCUT2D eigenvalue weighted by atomic mass is 16.4. The molecule has 3 rings (SSSR count). The fourth-order valence-corrected chi connectivity index (χ4v) is 3.53. The molecule has 3 N–H and O–H groups in total. The predicted molar refractivity (Wildman–Crippen MR) is 114 cm³/mol. The minimum atomic E-state index is -1.06. The summed E-state index contributed by atoms with van der Waals surface area (Å²) in [6, 6.07) is 7.76. The van der Waals surface area contributed by atoms with E-state index in [1.807, 2.05) is 52.0 Å². The summed E-state index contributed by atoms with van der Waals surface area (Å²) in [5.41, 5.74) is 8.16. The molecule has 2 aromatic heterocycles. The summed E-state index contributed by atoms with van der Waals surface area (Å²) in [6.07, 6.45) is 0.285. The van der Waals surface area contributed by atoms with Crippen molar-refractivity contribution >= 4 is 12.0 Å². The topological polar surface area (TPSA) is 124 Å². The van der Waals surface area contributed by atoms with Gasteiger partial charge in [0.2, 0.25) is 5.89 Å². The van der Waals surface area contributed by atoms with E-state index < -0.39 is 17.6 Å². The maximum atomic E-state index is 13.2. The number of aromatic nitrogens is 3. The van der Waals surface area contributed by atoms with Gasteiger partial charge in [-0.1, -0.05) is 55.7 Å². The Morgan fingerprint density at radius 3 is 2.33 bits per heavy atom. The fourth-order valence-electron chi connectivity index (χ4n) is 3.53. The SMILES string of the molecule is Cc1ccc(-c2c(C)c(-c3nnc(N)o3)cc(=O)n2C(CC(C)(C)C)C(=O)O)cc1. The van der Waals surface area contributed by atoms with Crippen LogP contribution in [0, 0.1) is 19.3 Å². The summed E-state index contributed by atoms with van der Waals surface area (Å²) in [5, 5.41) is 17.6. The maximum absolute atomic E-state index is 13.2. The average molecular weight is 410 g/mol. The standard InChI is InChI=1S/C22H26N4O4/c1-12-6-8-14(9-7-12)18-13(2)15(19-24-25-21(23)30-19)10-17(27)26(18)16(20(28)29)11-22(3,4)5/h6-10,16H,11H2,1-5H3,(H2,23,25)(H,28,29). The summed E-state index contributed by atoms with van der Waals surface area (Å²) in [4.78, 5) is 25.5. The summed E-state index contributed by atoms with van der Waals surface area (Å²) in [6.45, 7) is 9.60. The molecule has 3 aromatic rings. The normalized spacial score (nSPS) is 12.7. The molecule has 8 nitrogen and oxygen atoms in total. The molecule has 0 saturated heterocycles. The second-order valence-corrected chi connectivity index (χ2v) is 8.67. The van der Waals surface area contributed by atoms with Crippen LogP contribution in [0.3, 0.4) is 0 Å². The van der Waals surface area contributed by atoms with E-state index in [0.717, 1.165) is 11.1 Å². The lowest BCUT2D eigenvalue weighted by Crippen LogP contribution is -2.34. The van der Waals surface area contributed by atoms with Crippen molar-refractivity contribution in [2.45, 2.75) is 47.1 Å². The number of carbonyl (C=O) groups is 1. The number of nitrogens with zero attached hydrogens (tertiary/aromatic N) is 3. The molecule has 1 unspecified atom stereocenters. The zero-order valence-corrected chi connectivity index (χ0v) is 17.8. The Hall–Kier alpha value is -3.42. The molecule has 0 radical (unpaired) electrons. The van der Waals surface area contributed by atoms with Gasteiger partial charge in [-0.2, -0.15) is 0 Å². The number of aliphatic carboxylic acids is 1. The van der Waals surface area contributed by atoms with Gasteiger partial charge in [-0.3, -0.25) is 9.36 Å². The van der Waals surface area contributed by atoms with Gasteiger partial charge >= 0.3 is 12.0 Å². The van der Waals surface area contributed by atoms with E-state index >= 15 is 0 Å². The van der Waals surface area contributed by atoms with Crippen LogP contribution in [0.15, 0.2) is 39.5 Å². The smallest absolute Gasteiger partial charge is 0.326 e. The highest BCUT2D eigenvalue weighted by molar-refractivity contribution is 5.77. The first-order valence-electron chi connectivity index (χ1n) is 9.63. The molecule has 0 bridgehead atoms. The molecule has 30 heavy (non-hydrogen) atoms. The molecule has 0 aliphatic rings. The van der Waals surface area contributed by atoms with Gasteiger partial charge in [0.25, 0.3) is 5.56 Å². The number of nitrogen functional groups attached to an aromatic ring is 1. The third-order valence-corrected chi connectivity index (χ3v) is 4.90. The largest absolute Gasteiger partial charge is 0.480 e. The Balaban J connectivity index is 2.36. The van der Waals surface area contributed by atoms with Crippen molar-refractivity contribution < 1.29 is 14.3 Å². The van der Waals surface area contributed by atoms with E-state index in [9.17, 15) is 14.7 Å². The van der Waals surface area contributed by atoms with Crippen molar-refractivity contribution in [1.82, 2.24) is 14.8 Å². The molecular weight excluding hydrogens is 384 g/mol. The summed E-state index contributed by atoms with van der Waals surface area (Å²) in [7, 11) is 0. The number of anilines is 1. The molecule has 0 saturated carbocycles. The van der Waals surface area contributed by atoms with Crippen LogP contribution in [0.2, 0.25) is 0 Å². The first kappa shape index (κ1) is 21.3. The van der Waals surface area contributed by atoms with Crippen molar-refractivity contribution in [2.75, 3.05) is 5.73 Å². The van der Waals surface area contributed by atoms with Crippen molar-refractivity contribution in [3.05, 3.63) is 51.8 Å².